The molecule has 94 valence electrons. The highest BCUT2D eigenvalue weighted by Crippen LogP contribution is 2.37. The molecule has 2 heterocycles. The summed E-state index contributed by atoms with van der Waals surface area (Å²) in [5.41, 5.74) is -0.137. The lowest BCUT2D eigenvalue weighted by molar-refractivity contribution is -0.0327. The summed E-state index contributed by atoms with van der Waals surface area (Å²) in [5.74, 6) is 0. The average molecular weight is 249 g/mol. The smallest absolute Gasteiger partial charge is 0.211 e. The third kappa shape index (κ3) is 2.40. The maximum atomic E-state index is 11.4. The molecule has 2 saturated heterocycles. The number of methoxy groups -OCH3 is 1. The molecule has 16 heavy (non-hydrogen) atoms. The zero-order chi connectivity index (χ0) is 11.8. The van der Waals surface area contributed by atoms with Crippen LogP contribution in [0.25, 0.3) is 0 Å². The van der Waals surface area contributed by atoms with Gasteiger partial charge in [-0.3, -0.25) is 0 Å². The normalized spacial score (nSPS) is 31.0. The quantitative estimate of drug-likeness (QED) is 0.702. The first-order valence-corrected chi connectivity index (χ1v) is 7.42. The molecule has 0 radical (unpaired) electrons. The largest absolute Gasteiger partial charge is 0.379 e. The molecule has 0 aromatic heterocycles. The number of sulfonamides is 1. The lowest BCUT2D eigenvalue weighted by Gasteiger charge is -2.37. The van der Waals surface area contributed by atoms with Crippen molar-refractivity contribution in [3.63, 3.8) is 0 Å². The van der Waals surface area contributed by atoms with Crippen molar-refractivity contribution in [3.8, 4) is 0 Å². The Morgan fingerprint density at radius 3 is 2.44 bits per heavy atom. The predicted molar refractivity (Wildman–Crippen MR) is 59.7 cm³/mol. The van der Waals surface area contributed by atoms with Gasteiger partial charge in [-0.25, -0.2) is 12.7 Å². The van der Waals surface area contributed by atoms with Crippen LogP contribution in [0.15, 0.2) is 0 Å². The first-order chi connectivity index (χ1) is 7.45. The van der Waals surface area contributed by atoms with E-state index in [-0.39, 0.29) is 11.7 Å². The van der Waals surface area contributed by atoms with Gasteiger partial charge < -0.3 is 9.47 Å². The van der Waals surface area contributed by atoms with E-state index in [1.54, 1.807) is 7.11 Å². The Morgan fingerprint density at radius 2 is 2.00 bits per heavy atom. The van der Waals surface area contributed by atoms with Gasteiger partial charge >= 0.3 is 0 Å². The van der Waals surface area contributed by atoms with Crippen molar-refractivity contribution in [1.29, 1.82) is 0 Å². The summed E-state index contributed by atoms with van der Waals surface area (Å²) in [4.78, 5) is 0. The van der Waals surface area contributed by atoms with Crippen LogP contribution in [0.4, 0.5) is 0 Å². The molecule has 1 atom stereocenters. The van der Waals surface area contributed by atoms with E-state index in [9.17, 15) is 8.42 Å². The number of rotatable bonds is 2. The first-order valence-electron chi connectivity index (χ1n) is 5.57. The maximum Gasteiger partial charge on any atom is 0.211 e. The third-order valence-electron chi connectivity index (χ3n) is 3.61. The predicted octanol–water partition coefficient (Wildman–Crippen LogP) is 0.216. The molecule has 0 amide bonds. The molecule has 0 aliphatic carbocycles. The Bertz CT molecular complexity index is 346. The molecule has 2 aliphatic rings. The second-order valence-electron chi connectivity index (χ2n) is 4.72. The van der Waals surface area contributed by atoms with E-state index in [1.165, 1.54) is 10.6 Å². The molecule has 2 fully saturated rings. The summed E-state index contributed by atoms with van der Waals surface area (Å²) < 4.78 is 35.3. The van der Waals surface area contributed by atoms with Crippen molar-refractivity contribution in [2.45, 2.75) is 31.0 Å². The molecule has 5 nitrogen and oxygen atoms in total. The lowest BCUT2D eigenvalue weighted by atomic mass is 9.89. The van der Waals surface area contributed by atoms with Gasteiger partial charge in [0.15, 0.2) is 0 Å². The summed E-state index contributed by atoms with van der Waals surface area (Å²) in [5, 5.41) is 0. The van der Waals surface area contributed by atoms with Gasteiger partial charge in [-0.05, 0) is 12.8 Å². The minimum Gasteiger partial charge on any atom is -0.379 e. The SMILES string of the molecule is CO[C@@H]1COC2(CCN(S(C)(=O)=O)CC2)C1. The van der Waals surface area contributed by atoms with Gasteiger partial charge in [-0.15, -0.1) is 0 Å². The van der Waals surface area contributed by atoms with Crippen LogP contribution in [-0.2, 0) is 19.5 Å². The van der Waals surface area contributed by atoms with Crippen LogP contribution in [0.3, 0.4) is 0 Å². The van der Waals surface area contributed by atoms with Crippen molar-refractivity contribution in [1.82, 2.24) is 4.31 Å². The van der Waals surface area contributed by atoms with Gasteiger partial charge in [0.2, 0.25) is 10.0 Å². The molecule has 0 aromatic rings. The Morgan fingerprint density at radius 1 is 1.38 bits per heavy atom. The molecule has 0 unspecified atom stereocenters. The fourth-order valence-corrected chi connectivity index (χ4v) is 3.37. The van der Waals surface area contributed by atoms with E-state index in [0.717, 1.165) is 19.3 Å². The van der Waals surface area contributed by atoms with Crippen molar-refractivity contribution in [2.75, 3.05) is 33.1 Å². The fourth-order valence-electron chi connectivity index (χ4n) is 2.53. The summed E-state index contributed by atoms with van der Waals surface area (Å²) in [7, 11) is -1.35. The van der Waals surface area contributed by atoms with Crippen LogP contribution in [0.2, 0.25) is 0 Å². The summed E-state index contributed by atoms with van der Waals surface area (Å²) in [6, 6.07) is 0. The summed E-state index contributed by atoms with van der Waals surface area (Å²) in [6.45, 7) is 1.76. The second-order valence-corrected chi connectivity index (χ2v) is 6.70. The minimum atomic E-state index is -3.04. The topological polar surface area (TPSA) is 55.8 Å². The molecule has 0 saturated carbocycles. The van der Waals surface area contributed by atoms with E-state index in [1.807, 2.05) is 0 Å². The van der Waals surface area contributed by atoms with Gasteiger partial charge in [0.1, 0.15) is 0 Å². The molecule has 1 spiro atoms. The maximum absolute atomic E-state index is 11.4. The number of piperidine rings is 1. The van der Waals surface area contributed by atoms with E-state index < -0.39 is 10.0 Å². The monoisotopic (exact) mass is 249 g/mol. The molecule has 0 aromatic carbocycles. The molecule has 6 heteroatoms. The van der Waals surface area contributed by atoms with Crippen LogP contribution < -0.4 is 0 Å². The summed E-state index contributed by atoms with van der Waals surface area (Å²) >= 11 is 0. The minimum absolute atomic E-state index is 0.137. The number of nitrogens with zero attached hydrogens (tertiary/aromatic N) is 1. The highest BCUT2D eigenvalue weighted by molar-refractivity contribution is 7.88. The van der Waals surface area contributed by atoms with E-state index >= 15 is 0 Å². The Hall–Kier alpha value is -0.170. The van der Waals surface area contributed by atoms with Gasteiger partial charge in [-0.1, -0.05) is 0 Å². The lowest BCUT2D eigenvalue weighted by Crippen LogP contribution is -2.46. The van der Waals surface area contributed by atoms with E-state index in [0.29, 0.717) is 19.7 Å². The molecular weight excluding hydrogens is 230 g/mol. The number of hydrogen-bond donors (Lipinski definition) is 0. The highest BCUT2D eigenvalue weighted by atomic mass is 32.2. The van der Waals surface area contributed by atoms with Crippen LogP contribution in [0, 0.1) is 0 Å². The third-order valence-corrected chi connectivity index (χ3v) is 4.91. The van der Waals surface area contributed by atoms with Gasteiger partial charge in [0.25, 0.3) is 0 Å². The van der Waals surface area contributed by atoms with Crippen molar-refractivity contribution in [2.24, 2.45) is 0 Å². The first kappa shape index (κ1) is 12.3. The van der Waals surface area contributed by atoms with E-state index in [4.69, 9.17) is 9.47 Å². The standard InChI is InChI=1S/C10H19NO4S/c1-14-9-7-10(15-8-9)3-5-11(6-4-10)16(2,12)13/h9H,3-8H2,1-2H3/t9-/m0/s1. The van der Waals surface area contributed by atoms with Gasteiger partial charge in [0.05, 0.1) is 24.6 Å². The average Bonchev–Trinajstić information content (AvgIpc) is 2.61. The van der Waals surface area contributed by atoms with Crippen molar-refractivity contribution in [3.05, 3.63) is 0 Å². The summed E-state index contributed by atoms with van der Waals surface area (Å²) in [6.07, 6.45) is 3.88. The van der Waals surface area contributed by atoms with Crippen LogP contribution in [0.5, 0.6) is 0 Å². The number of ether oxygens (including phenoxy) is 2. The molecular formula is C10H19NO4S. The molecule has 2 aliphatic heterocycles. The second kappa shape index (κ2) is 4.25. The van der Waals surface area contributed by atoms with Crippen LogP contribution >= 0.6 is 0 Å². The molecule has 0 bridgehead atoms. The van der Waals surface area contributed by atoms with Gasteiger partial charge in [0, 0.05) is 26.6 Å². The van der Waals surface area contributed by atoms with E-state index in [2.05, 4.69) is 0 Å². The molecule has 0 N–H and O–H groups in total. The zero-order valence-corrected chi connectivity index (χ0v) is 10.6. The zero-order valence-electron chi connectivity index (χ0n) is 9.81. The number of hydrogen-bond acceptors (Lipinski definition) is 4. The highest BCUT2D eigenvalue weighted by Gasteiger charge is 2.44. The Balaban J connectivity index is 1.95. The molecule has 2 rings (SSSR count). The fraction of sp³-hybridized carbons (Fsp3) is 1.00. The van der Waals surface area contributed by atoms with Crippen molar-refractivity contribution >= 4 is 10.0 Å². The van der Waals surface area contributed by atoms with Crippen molar-refractivity contribution < 1.29 is 17.9 Å². The van der Waals surface area contributed by atoms with Gasteiger partial charge in [-0.2, -0.15) is 0 Å². The Kier molecular flexibility index (Phi) is 3.27. The Labute approximate surface area is 96.8 Å². The van der Waals surface area contributed by atoms with Crippen LogP contribution in [-0.4, -0.2) is 57.5 Å². The van der Waals surface area contributed by atoms with Crippen LogP contribution in [0.1, 0.15) is 19.3 Å².